The molecule has 0 saturated carbocycles. The van der Waals surface area contributed by atoms with Crippen molar-refractivity contribution in [1.29, 1.82) is 0 Å². The first-order valence-electron chi connectivity index (χ1n) is 4.95. The second-order valence-electron chi connectivity index (χ2n) is 3.30. The summed E-state index contributed by atoms with van der Waals surface area (Å²) in [7, 11) is 1.87. The molecule has 0 amide bonds. The molecule has 86 valence electrons. The number of nitrogens with one attached hydrogen (secondary N) is 1. The number of anilines is 1. The maximum absolute atomic E-state index is 10.7. The SMILES string of the molecule is CNCCC=Cc1cc(C(=O)O)cnc1N. The fraction of sp³-hybridized carbons (Fsp3) is 0.273. The highest BCUT2D eigenvalue weighted by Crippen LogP contribution is 2.13. The summed E-state index contributed by atoms with van der Waals surface area (Å²) >= 11 is 0. The number of rotatable bonds is 5. The topological polar surface area (TPSA) is 88.2 Å². The van der Waals surface area contributed by atoms with Gasteiger partial charge in [-0.3, -0.25) is 0 Å². The number of aromatic nitrogens is 1. The van der Waals surface area contributed by atoms with Crippen LogP contribution in [0, 0.1) is 0 Å². The maximum atomic E-state index is 10.7. The van der Waals surface area contributed by atoms with Crippen LogP contribution in [0.15, 0.2) is 18.3 Å². The maximum Gasteiger partial charge on any atom is 0.337 e. The molecule has 0 aliphatic rings. The number of nitrogen functional groups attached to an aromatic ring is 1. The molecule has 1 heterocycles. The van der Waals surface area contributed by atoms with Crippen molar-refractivity contribution in [2.75, 3.05) is 19.3 Å². The van der Waals surface area contributed by atoms with E-state index in [1.54, 1.807) is 6.08 Å². The number of carbonyl (C=O) groups is 1. The van der Waals surface area contributed by atoms with Crippen LogP contribution in [0.4, 0.5) is 5.82 Å². The van der Waals surface area contributed by atoms with Crippen LogP contribution in [0.5, 0.6) is 0 Å². The van der Waals surface area contributed by atoms with Crippen molar-refractivity contribution in [3.63, 3.8) is 0 Å². The van der Waals surface area contributed by atoms with Crippen LogP contribution in [0.2, 0.25) is 0 Å². The largest absolute Gasteiger partial charge is 0.478 e. The van der Waals surface area contributed by atoms with Gasteiger partial charge >= 0.3 is 5.97 Å². The van der Waals surface area contributed by atoms with E-state index in [0.717, 1.165) is 13.0 Å². The van der Waals surface area contributed by atoms with Crippen molar-refractivity contribution in [2.45, 2.75) is 6.42 Å². The Labute approximate surface area is 94.0 Å². The second-order valence-corrected chi connectivity index (χ2v) is 3.30. The summed E-state index contributed by atoms with van der Waals surface area (Å²) in [6.45, 7) is 0.864. The Morgan fingerprint density at radius 1 is 1.69 bits per heavy atom. The molecule has 0 aliphatic heterocycles. The zero-order valence-corrected chi connectivity index (χ0v) is 9.10. The number of hydrogen-bond donors (Lipinski definition) is 3. The summed E-state index contributed by atoms with van der Waals surface area (Å²) in [6, 6.07) is 1.51. The van der Waals surface area contributed by atoms with Gasteiger partial charge in [-0.25, -0.2) is 9.78 Å². The van der Waals surface area contributed by atoms with Gasteiger partial charge in [-0.2, -0.15) is 0 Å². The van der Waals surface area contributed by atoms with Gasteiger partial charge in [0.1, 0.15) is 5.82 Å². The molecule has 0 aliphatic carbocycles. The molecule has 1 rings (SSSR count). The Balaban J connectivity index is 2.82. The van der Waals surface area contributed by atoms with Gasteiger partial charge < -0.3 is 16.2 Å². The number of carboxylic acids is 1. The molecule has 1 aromatic rings. The number of nitrogens with zero attached hydrogens (tertiary/aromatic N) is 1. The van der Waals surface area contributed by atoms with Crippen molar-refractivity contribution in [1.82, 2.24) is 10.3 Å². The molecule has 0 atom stereocenters. The third-order valence-electron chi connectivity index (χ3n) is 2.05. The highest BCUT2D eigenvalue weighted by molar-refractivity contribution is 5.88. The van der Waals surface area contributed by atoms with Crippen molar-refractivity contribution in [3.05, 3.63) is 29.5 Å². The van der Waals surface area contributed by atoms with Gasteiger partial charge in [0.25, 0.3) is 0 Å². The summed E-state index contributed by atoms with van der Waals surface area (Å²) in [5, 5.41) is 11.8. The average molecular weight is 221 g/mol. The average Bonchev–Trinajstić information content (AvgIpc) is 2.26. The molecule has 0 spiro atoms. The summed E-state index contributed by atoms with van der Waals surface area (Å²) in [6.07, 6.45) is 5.82. The van der Waals surface area contributed by atoms with Crippen LogP contribution >= 0.6 is 0 Å². The zero-order chi connectivity index (χ0) is 12.0. The lowest BCUT2D eigenvalue weighted by Crippen LogP contribution is -2.05. The smallest absolute Gasteiger partial charge is 0.337 e. The van der Waals surface area contributed by atoms with Crippen LogP contribution in [-0.2, 0) is 0 Å². The fourth-order valence-corrected chi connectivity index (χ4v) is 1.18. The minimum atomic E-state index is -1.00. The van der Waals surface area contributed by atoms with Crippen LogP contribution < -0.4 is 11.1 Å². The Morgan fingerprint density at radius 3 is 3.06 bits per heavy atom. The van der Waals surface area contributed by atoms with Gasteiger partial charge in [0, 0.05) is 11.8 Å². The lowest BCUT2D eigenvalue weighted by atomic mass is 10.1. The van der Waals surface area contributed by atoms with Gasteiger partial charge in [-0.1, -0.05) is 12.2 Å². The first-order valence-corrected chi connectivity index (χ1v) is 4.95. The van der Waals surface area contributed by atoms with E-state index in [1.807, 2.05) is 13.1 Å². The molecule has 4 N–H and O–H groups in total. The van der Waals surface area contributed by atoms with E-state index in [2.05, 4.69) is 10.3 Å². The second kappa shape index (κ2) is 5.87. The molecule has 0 bridgehead atoms. The Bertz CT molecular complexity index is 402. The van der Waals surface area contributed by atoms with Crippen LogP contribution in [0.25, 0.3) is 6.08 Å². The van der Waals surface area contributed by atoms with E-state index in [1.165, 1.54) is 12.3 Å². The number of carboxylic acid groups (broad SMARTS) is 1. The minimum Gasteiger partial charge on any atom is -0.478 e. The molecular weight excluding hydrogens is 206 g/mol. The standard InChI is InChI=1S/C11H15N3O2/c1-13-5-3-2-4-8-6-9(11(15)16)7-14-10(8)12/h2,4,6-7,13H,3,5H2,1H3,(H2,12,14)(H,15,16). The third kappa shape index (κ3) is 3.36. The number of hydrogen-bond acceptors (Lipinski definition) is 4. The van der Waals surface area contributed by atoms with Gasteiger partial charge in [0.2, 0.25) is 0 Å². The van der Waals surface area contributed by atoms with Crippen molar-refractivity contribution in [2.24, 2.45) is 0 Å². The lowest BCUT2D eigenvalue weighted by molar-refractivity contribution is 0.0696. The van der Waals surface area contributed by atoms with E-state index in [4.69, 9.17) is 10.8 Å². The van der Waals surface area contributed by atoms with Crippen molar-refractivity contribution in [3.8, 4) is 0 Å². The highest BCUT2D eigenvalue weighted by atomic mass is 16.4. The quantitative estimate of drug-likeness (QED) is 0.645. The molecular formula is C11H15N3O2. The van der Waals surface area contributed by atoms with E-state index in [0.29, 0.717) is 11.4 Å². The molecule has 0 radical (unpaired) electrons. The van der Waals surface area contributed by atoms with Crippen molar-refractivity contribution < 1.29 is 9.90 Å². The Morgan fingerprint density at radius 2 is 2.44 bits per heavy atom. The van der Waals surface area contributed by atoms with E-state index in [-0.39, 0.29) is 5.56 Å². The molecule has 0 unspecified atom stereocenters. The van der Waals surface area contributed by atoms with Gasteiger partial charge in [0.05, 0.1) is 5.56 Å². The molecule has 0 aromatic carbocycles. The van der Waals surface area contributed by atoms with Crippen LogP contribution in [0.1, 0.15) is 22.3 Å². The first-order chi connectivity index (χ1) is 7.65. The normalized spacial score (nSPS) is 10.8. The number of nitrogens with two attached hydrogens (primary N) is 1. The van der Waals surface area contributed by atoms with Gasteiger partial charge in [0.15, 0.2) is 0 Å². The molecule has 1 aromatic heterocycles. The third-order valence-corrected chi connectivity index (χ3v) is 2.05. The lowest BCUT2D eigenvalue weighted by Gasteiger charge is -2.01. The number of pyridine rings is 1. The molecule has 5 heteroatoms. The van der Waals surface area contributed by atoms with Gasteiger partial charge in [-0.15, -0.1) is 0 Å². The predicted molar refractivity (Wildman–Crippen MR) is 63.2 cm³/mol. The summed E-state index contributed by atoms with van der Waals surface area (Å²) in [5.41, 5.74) is 6.41. The summed E-state index contributed by atoms with van der Waals surface area (Å²) in [5.74, 6) is -0.664. The minimum absolute atomic E-state index is 0.141. The Kier molecular flexibility index (Phi) is 4.47. The van der Waals surface area contributed by atoms with E-state index < -0.39 is 5.97 Å². The fourth-order valence-electron chi connectivity index (χ4n) is 1.18. The Hall–Kier alpha value is -1.88. The van der Waals surface area contributed by atoms with Crippen LogP contribution in [-0.4, -0.2) is 29.7 Å². The van der Waals surface area contributed by atoms with Gasteiger partial charge in [-0.05, 0) is 26.1 Å². The molecule has 5 nitrogen and oxygen atoms in total. The molecule has 16 heavy (non-hydrogen) atoms. The summed E-state index contributed by atoms with van der Waals surface area (Å²) in [4.78, 5) is 14.6. The van der Waals surface area contributed by atoms with E-state index >= 15 is 0 Å². The van der Waals surface area contributed by atoms with E-state index in [9.17, 15) is 4.79 Å². The predicted octanol–water partition coefficient (Wildman–Crippen LogP) is 0.985. The number of aromatic carboxylic acids is 1. The van der Waals surface area contributed by atoms with Crippen molar-refractivity contribution >= 4 is 17.9 Å². The van der Waals surface area contributed by atoms with Crippen LogP contribution in [0.3, 0.4) is 0 Å². The highest BCUT2D eigenvalue weighted by Gasteiger charge is 2.05. The first kappa shape index (κ1) is 12.2. The monoisotopic (exact) mass is 221 g/mol. The molecule has 0 fully saturated rings. The molecule has 0 saturated heterocycles. The zero-order valence-electron chi connectivity index (χ0n) is 9.10. The summed E-state index contributed by atoms with van der Waals surface area (Å²) < 4.78 is 0.